The molecule has 1 N–H and O–H groups in total. The number of carbonyl (C=O) groups excluding carboxylic acids is 1. The Morgan fingerprint density at radius 3 is 2.69 bits per heavy atom. The number of hydrogen-bond acceptors (Lipinski definition) is 3. The molecule has 1 fully saturated rings. The molecule has 2 unspecified atom stereocenters. The third-order valence-electron chi connectivity index (χ3n) is 3.30. The third kappa shape index (κ3) is 1.70. The van der Waals surface area contributed by atoms with Gasteiger partial charge in [0.15, 0.2) is 0 Å². The average molecular weight is 185 g/mol. The van der Waals surface area contributed by atoms with Crippen LogP contribution in [0.25, 0.3) is 0 Å². The number of ether oxygens (including phenoxy) is 1. The van der Waals surface area contributed by atoms with Crippen LogP contribution < -0.4 is 5.32 Å². The fourth-order valence-electron chi connectivity index (χ4n) is 2.31. The molecule has 13 heavy (non-hydrogen) atoms. The van der Waals surface area contributed by atoms with Crippen LogP contribution >= 0.6 is 0 Å². The van der Waals surface area contributed by atoms with Crippen LogP contribution in [0, 0.1) is 5.92 Å². The maximum absolute atomic E-state index is 11.6. The smallest absolute Gasteiger partial charge is 0.326 e. The van der Waals surface area contributed by atoms with Crippen LogP contribution in [0.5, 0.6) is 0 Å². The second kappa shape index (κ2) is 4.09. The van der Waals surface area contributed by atoms with Gasteiger partial charge in [-0.3, -0.25) is 4.79 Å². The molecule has 2 atom stereocenters. The molecule has 0 aromatic carbocycles. The average Bonchev–Trinajstić information content (AvgIpc) is 2.18. The quantitative estimate of drug-likeness (QED) is 0.659. The minimum absolute atomic E-state index is 0.109. The molecule has 3 nitrogen and oxygen atoms in total. The standard InChI is InChI=1S/C10H19NO2/c1-8-6-4-5-7-10(8,11-2)9(12)13-3/h8,11H,4-7H2,1-3H3. The monoisotopic (exact) mass is 185 g/mol. The van der Waals surface area contributed by atoms with Crippen molar-refractivity contribution in [2.45, 2.75) is 38.1 Å². The largest absolute Gasteiger partial charge is 0.468 e. The first-order valence-corrected chi connectivity index (χ1v) is 4.94. The Bertz CT molecular complexity index is 193. The zero-order valence-corrected chi connectivity index (χ0v) is 8.72. The Hall–Kier alpha value is -0.570. The van der Waals surface area contributed by atoms with Gasteiger partial charge in [0.1, 0.15) is 5.54 Å². The zero-order valence-electron chi connectivity index (χ0n) is 8.72. The molecule has 0 radical (unpaired) electrons. The molecule has 0 amide bonds. The van der Waals surface area contributed by atoms with Crippen LogP contribution in [-0.4, -0.2) is 25.7 Å². The first-order valence-electron chi connectivity index (χ1n) is 4.94. The van der Waals surface area contributed by atoms with Crippen molar-refractivity contribution in [3.63, 3.8) is 0 Å². The van der Waals surface area contributed by atoms with E-state index in [1.807, 2.05) is 7.05 Å². The van der Waals surface area contributed by atoms with Crippen molar-refractivity contribution in [1.82, 2.24) is 5.32 Å². The maximum Gasteiger partial charge on any atom is 0.326 e. The summed E-state index contributed by atoms with van der Waals surface area (Å²) < 4.78 is 4.85. The van der Waals surface area contributed by atoms with E-state index in [9.17, 15) is 4.79 Å². The van der Waals surface area contributed by atoms with E-state index in [4.69, 9.17) is 4.74 Å². The molecule has 0 saturated heterocycles. The summed E-state index contributed by atoms with van der Waals surface area (Å²) in [5.41, 5.74) is -0.424. The van der Waals surface area contributed by atoms with Gasteiger partial charge in [-0.15, -0.1) is 0 Å². The minimum atomic E-state index is -0.424. The number of esters is 1. The molecular formula is C10H19NO2. The molecule has 3 heteroatoms. The van der Waals surface area contributed by atoms with Crippen LogP contribution in [0.15, 0.2) is 0 Å². The van der Waals surface area contributed by atoms with Gasteiger partial charge >= 0.3 is 5.97 Å². The van der Waals surface area contributed by atoms with E-state index in [1.54, 1.807) is 0 Å². The maximum atomic E-state index is 11.6. The number of hydrogen-bond donors (Lipinski definition) is 1. The number of carbonyl (C=O) groups is 1. The van der Waals surface area contributed by atoms with Crippen LogP contribution in [0.1, 0.15) is 32.6 Å². The number of methoxy groups -OCH3 is 1. The van der Waals surface area contributed by atoms with Gasteiger partial charge in [-0.25, -0.2) is 0 Å². The van der Waals surface area contributed by atoms with Gasteiger partial charge in [-0.1, -0.05) is 19.8 Å². The lowest BCUT2D eigenvalue weighted by Crippen LogP contribution is -2.57. The lowest BCUT2D eigenvalue weighted by molar-refractivity contribution is -0.152. The molecule has 0 aromatic heterocycles. The second-order valence-electron chi connectivity index (χ2n) is 3.86. The summed E-state index contributed by atoms with van der Waals surface area (Å²) in [4.78, 5) is 11.6. The fourth-order valence-corrected chi connectivity index (χ4v) is 2.31. The highest BCUT2D eigenvalue weighted by molar-refractivity contribution is 5.81. The van der Waals surface area contributed by atoms with Crippen molar-refractivity contribution in [2.24, 2.45) is 5.92 Å². The van der Waals surface area contributed by atoms with Crippen molar-refractivity contribution in [3.8, 4) is 0 Å². The second-order valence-corrected chi connectivity index (χ2v) is 3.86. The van der Waals surface area contributed by atoms with Gasteiger partial charge in [0.25, 0.3) is 0 Å². The molecular weight excluding hydrogens is 166 g/mol. The van der Waals surface area contributed by atoms with E-state index in [1.165, 1.54) is 13.5 Å². The molecule has 0 heterocycles. The number of rotatable bonds is 2. The van der Waals surface area contributed by atoms with Gasteiger partial charge in [-0.05, 0) is 25.8 Å². The van der Waals surface area contributed by atoms with Gasteiger partial charge in [-0.2, -0.15) is 0 Å². The first kappa shape index (κ1) is 10.5. The van der Waals surface area contributed by atoms with E-state index in [0.717, 1.165) is 19.3 Å². The molecule has 1 aliphatic rings. The van der Waals surface area contributed by atoms with E-state index in [-0.39, 0.29) is 5.97 Å². The predicted octanol–water partition coefficient (Wildman–Crippen LogP) is 1.33. The number of likely N-dealkylation sites (N-methyl/N-ethyl adjacent to an activating group) is 1. The normalized spacial score (nSPS) is 34.2. The fraction of sp³-hybridized carbons (Fsp3) is 0.900. The Balaban J connectivity index is 2.82. The topological polar surface area (TPSA) is 38.3 Å². The van der Waals surface area contributed by atoms with E-state index >= 15 is 0 Å². The third-order valence-corrected chi connectivity index (χ3v) is 3.30. The molecule has 0 aromatic rings. The van der Waals surface area contributed by atoms with Gasteiger partial charge in [0.05, 0.1) is 7.11 Å². The molecule has 0 spiro atoms. The Kier molecular flexibility index (Phi) is 3.31. The van der Waals surface area contributed by atoms with Crippen LogP contribution in [0.3, 0.4) is 0 Å². The Morgan fingerprint density at radius 2 is 2.23 bits per heavy atom. The summed E-state index contributed by atoms with van der Waals surface area (Å²) in [7, 11) is 3.31. The molecule has 0 aliphatic heterocycles. The molecule has 0 bridgehead atoms. The summed E-state index contributed by atoms with van der Waals surface area (Å²) in [6.45, 7) is 2.12. The summed E-state index contributed by atoms with van der Waals surface area (Å²) in [6.07, 6.45) is 4.34. The van der Waals surface area contributed by atoms with E-state index < -0.39 is 5.54 Å². The predicted molar refractivity (Wildman–Crippen MR) is 51.4 cm³/mol. The lowest BCUT2D eigenvalue weighted by Gasteiger charge is -2.39. The highest BCUT2D eigenvalue weighted by Gasteiger charge is 2.44. The van der Waals surface area contributed by atoms with Gasteiger partial charge in [0.2, 0.25) is 0 Å². The van der Waals surface area contributed by atoms with Crippen molar-refractivity contribution < 1.29 is 9.53 Å². The summed E-state index contributed by atoms with van der Waals surface area (Å²) in [5, 5.41) is 3.14. The van der Waals surface area contributed by atoms with E-state index in [0.29, 0.717) is 5.92 Å². The summed E-state index contributed by atoms with van der Waals surface area (Å²) in [5.74, 6) is 0.265. The van der Waals surface area contributed by atoms with Gasteiger partial charge in [0, 0.05) is 0 Å². The highest BCUT2D eigenvalue weighted by Crippen LogP contribution is 2.34. The molecule has 76 valence electrons. The van der Waals surface area contributed by atoms with E-state index in [2.05, 4.69) is 12.2 Å². The van der Waals surface area contributed by atoms with Crippen LogP contribution in [0.2, 0.25) is 0 Å². The van der Waals surface area contributed by atoms with Crippen molar-refractivity contribution in [2.75, 3.05) is 14.2 Å². The molecule has 1 rings (SSSR count). The van der Waals surface area contributed by atoms with Crippen LogP contribution in [-0.2, 0) is 9.53 Å². The summed E-state index contributed by atoms with van der Waals surface area (Å²) >= 11 is 0. The lowest BCUT2D eigenvalue weighted by atomic mass is 9.73. The highest BCUT2D eigenvalue weighted by atomic mass is 16.5. The van der Waals surface area contributed by atoms with Crippen molar-refractivity contribution in [1.29, 1.82) is 0 Å². The molecule has 1 aliphatic carbocycles. The van der Waals surface area contributed by atoms with Crippen molar-refractivity contribution in [3.05, 3.63) is 0 Å². The number of nitrogens with one attached hydrogen (secondary N) is 1. The van der Waals surface area contributed by atoms with Crippen molar-refractivity contribution >= 4 is 5.97 Å². The molecule has 1 saturated carbocycles. The SMILES string of the molecule is CNC1(C(=O)OC)CCCCC1C. The summed E-state index contributed by atoms with van der Waals surface area (Å²) in [6, 6.07) is 0. The Morgan fingerprint density at radius 1 is 1.54 bits per heavy atom. The van der Waals surface area contributed by atoms with Gasteiger partial charge < -0.3 is 10.1 Å². The first-order chi connectivity index (χ1) is 6.17. The van der Waals surface area contributed by atoms with Crippen LogP contribution in [0.4, 0.5) is 0 Å². The Labute approximate surface area is 79.8 Å². The zero-order chi connectivity index (χ0) is 9.90. The minimum Gasteiger partial charge on any atom is -0.468 e.